The average molecular weight is 604 g/mol. The van der Waals surface area contributed by atoms with Gasteiger partial charge in [-0.3, -0.25) is 4.79 Å². The highest BCUT2D eigenvalue weighted by molar-refractivity contribution is 7.89. The first-order valence-electron chi connectivity index (χ1n) is 14.2. The lowest BCUT2D eigenvalue weighted by molar-refractivity contribution is -0.124. The van der Waals surface area contributed by atoms with Gasteiger partial charge in [0.05, 0.1) is 23.1 Å². The quantitative estimate of drug-likeness (QED) is 0.231. The number of amides is 2. The van der Waals surface area contributed by atoms with Crippen molar-refractivity contribution in [3.05, 3.63) is 60.2 Å². The lowest BCUT2D eigenvalue weighted by Gasteiger charge is -2.30. The number of nitrogens with zero attached hydrogens (tertiary/aromatic N) is 1. The summed E-state index contributed by atoms with van der Waals surface area (Å²) in [7, 11) is -3.96. The second kappa shape index (κ2) is 14.3. The van der Waals surface area contributed by atoms with Gasteiger partial charge in [0.1, 0.15) is 6.10 Å². The molecule has 2 amide bonds. The fraction of sp³-hybridized carbons (Fsp3) is 0.533. The monoisotopic (exact) mass is 603 g/mol. The first-order valence-corrected chi connectivity index (χ1v) is 15.7. The Morgan fingerprint density at radius 1 is 1.10 bits per heavy atom. The summed E-state index contributed by atoms with van der Waals surface area (Å²) in [4.78, 5) is 25.6. The normalized spacial score (nSPS) is 19.0. The second-order valence-corrected chi connectivity index (χ2v) is 14.2. The van der Waals surface area contributed by atoms with E-state index in [9.17, 15) is 23.1 Å². The standard InChI is InChI=1S/C30H45N5O6S/c1-20(2)18-35(42(39,40)24-13-11-22(31)12-14-24)19-27(36)25(15-21-9-7-6-8-10-21)33-29(38)41-23-16-26(32-17-23)28(37)34-30(3,4)5/h6-14,20,23,25-27,32,36H,15-19,31H2,1-5H3,(H,33,38)(H,34,37)/t23-,25+,26+,27+/m1/s1. The number of ether oxygens (including phenoxy) is 1. The summed E-state index contributed by atoms with van der Waals surface area (Å²) in [6.45, 7) is 9.68. The smallest absolute Gasteiger partial charge is 0.407 e. The van der Waals surface area contributed by atoms with Crippen LogP contribution in [0.5, 0.6) is 0 Å². The van der Waals surface area contributed by atoms with E-state index in [4.69, 9.17) is 10.5 Å². The molecule has 1 aliphatic rings. The number of benzene rings is 2. The molecule has 6 N–H and O–H groups in total. The number of carbonyl (C=O) groups is 2. The van der Waals surface area contributed by atoms with Crippen molar-refractivity contribution in [3.63, 3.8) is 0 Å². The number of hydrogen-bond donors (Lipinski definition) is 5. The Labute approximate surface area is 249 Å². The van der Waals surface area contributed by atoms with E-state index in [1.54, 1.807) is 0 Å². The molecule has 0 bridgehead atoms. The third kappa shape index (κ3) is 9.97. The second-order valence-electron chi connectivity index (χ2n) is 12.3. The van der Waals surface area contributed by atoms with Crippen LogP contribution in [0.2, 0.25) is 0 Å². The van der Waals surface area contributed by atoms with Crippen LogP contribution >= 0.6 is 0 Å². The van der Waals surface area contributed by atoms with Crippen LogP contribution in [0.4, 0.5) is 10.5 Å². The maximum Gasteiger partial charge on any atom is 0.407 e. The van der Waals surface area contributed by atoms with Gasteiger partial charge in [0.15, 0.2) is 0 Å². The fourth-order valence-electron chi connectivity index (χ4n) is 4.74. The van der Waals surface area contributed by atoms with Gasteiger partial charge in [-0.2, -0.15) is 4.31 Å². The van der Waals surface area contributed by atoms with Gasteiger partial charge in [0.25, 0.3) is 0 Å². The molecule has 1 heterocycles. The van der Waals surface area contributed by atoms with Gasteiger partial charge in [-0.05, 0) is 62.9 Å². The van der Waals surface area contributed by atoms with Crippen molar-refractivity contribution in [1.29, 1.82) is 0 Å². The van der Waals surface area contributed by atoms with Crippen molar-refractivity contribution >= 4 is 27.7 Å². The highest BCUT2D eigenvalue weighted by atomic mass is 32.2. The Morgan fingerprint density at radius 2 is 1.74 bits per heavy atom. The summed E-state index contributed by atoms with van der Waals surface area (Å²) in [6.07, 6.45) is -2.00. The number of hydrogen-bond acceptors (Lipinski definition) is 8. The third-order valence-corrected chi connectivity index (χ3v) is 8.57. The van der Waals surface area contributed by atoms with Crippen LogP contribution in [0.15, 0.2) is 59.5 Å². The van der Waals surface area contributed by atoms with E-state index in [-0.39, 0.29) is 41.8 Å². The van der Waals surface area contributed by atoms with Gasteiger partial charge in [-0.25, -0.2) is 13.2 Å². The van der Waals surface area contributed by atoms with E-state index in [1.807, 2.05) is 65.0 Å². The molecule has 11 nitrogen and oxygen atoms in total. The maximum atomic E-state index is 13.5. The van der Waals surface area contributed by atoms with Gasteiger partial charge < -0.3 is 31.5 Å². The van der Waals surface area contributed by atoms with E-state index < -0.39 is 40.4 Å². The van der Waals surface area contributed by atoms with E-state index in [2.05, 4.69) is 16.0 Å². The molecular formula is C30H45N5O6S. The molecule has 0 saturated carbocycles. The van der Waals surface area contributed by atoms with Crippen molar-refractivity contribution in [3.8, 4) is 0 Å². The molecule has 0 radical (unpaired) electrons. The minimum absolute atomic E-state index is 0.0236. The molecule has 3 rings (SSSR count). The Hall–Kier alpha value is -3.19. The fourth-order valence-corrected chi connectivity index (χ4v) is 6.36. The van der Waals surface area contributed by atoms with Crippen LogP contribution in [-0.4, -0.2) is 79.3 Å². The highest BCUT2D eigenvalue weighted by Crippen LogP contribution is 2.21. The Bertz CT molecular complexity index is 1280. The number of carbonyl (C=O) groups excluding carboxylic acids is 2. The van der Waals surface area contributed by atoms with E-state index >= 15 is 0 Å². The number of anilines is 1. The van der Waals surface area contributed by atoms with Crippen LogP contribution in [0.3, 0.4) is 0 Å². The molecule has 0 aromatic heterocycles. The van der Waals surface area contributed by atoms with Gasteiger partial charge in [-0.15, -0.1) is 0 Å². The van der Waals surface area contributed by atoms with Gasteiger partial charge in [-0.1, -0.05) is 44.2 Å². The van der Waals surface area contributed by atoms with Crippen LogP contribution in [0, 0.1) is 5.92 Å². The Balaban J connectivity index is 1.73. The van der Waals surface area contributed by atoms with E-state index in [0.717, 1.165) is 5.56 Å². The Morgan fingerprint density at radius 3 is 2.33 bits per heavy atom. The SMILES string of the molecule is CC(C)CN(C[C@H](O)[C@H](Cc1ccccc1)NC(=O)O[C@H]1CN[C@H](C(=O)NC(C)(C)C)C1)S(=O)(=O)c1ccc(N)cc1. The first kappa shape index (κ1) is 33.3. The number of nitrogens with one attached hydrogen (secondary N) is 3. The molecule has 4 atom stereocenters. The molecule has 1 aliphatic heterocycles. The zero-order valence-electron chi connectivity index (χ0n) is 25.0. The van der Waals surface area contributed by atoms with Crippen molar-refractivity contribution in [2.45, 2.75) is 82.2 Å². The molecule has 0 aliphatic carbocycles. The molecular weight excluding hydrogens is 558 g/mol. The topological polar surface area (TPSA) is 163 Å². The number of nitrogen functional groups attached to an aromatic ring is 1. The summed E-state index contributed by atoms with van der Waals surface area (Å²) in [5, 5.41) is 20.1. The third-order valence-electron chi connectivity index (χ3n) is 6.72. The largest absolute Gasteiger partial charge is 0.445 e. The zero-order valence-corrected chi connectivity index (χ0v) is 25.9. The summed E-state index contributed by atoms with van der Waals surface area (Å²) in [5.74, 6) is -0.191. The molecule has 12 heteroatoms. The maximum absolute atomic E-state index is 13.5. The minimum Gasteiger partial charge on any atom is -0.445 e. The van der Waals surface area contributed by atoms with Crippen molar-refractivity contribution < 1.29 is 27.9 Å². The number of aliphatic hydroxyl groups excluding tert-OH is 1. The van der Waals surface area contributed by atoms with Crippen LogP contribution in [0.25, 0.3) is 0 Å². The molecule has 1 saturated heterocycles. The molecule has 2 aromatic carbocycles. The van der Waals surface area contributed by atoms with Crippen LogP contribution in [0.1, 0.15) is 46.6 Å². The molecule has 42 heavy (non-hydrogen) atoms. The lowest BCUT2D eigenvalue weighted by atomic mass is 10.0. The number of alkyl carbamates (subject to hydrolysis) is 1. The van der Waals surface area contributed by atoms with Gasteiger partial charge in [0, 0.05) is 37.3 Å². The van der Waals surface area contributed by atoms with Gasteiger partial charge >= 0.3 is 6.09 Å². The molecule has 0 spiro atoms. The number of nitrogens with two attached hydrogens (primary N) is 1. The van der Waals surface area contributed by atoms with E-state index in [1.165, 1.54) is 28.6 Å². The number of aliphatic hydroxyl groups is 1. The predicted molar refractivity (Wildman–Crippen MR) is 162 cm³/mol. The van der Waals surface area contributed by atoms with Crippen LogP contribution in [-0.2, 0) is 26.0 Å². The molecule has 0 unspecified atom stereocenters. The average Bonchev–Trinajstić information content (AvgIpc) is 3.36. The number of sulfonamides is 1. The van der Waals surface area contributed by atoms with Gasteiger partial charge in [0.2, 0.25) is 15.9 Å². The summed E-state index contributed by atoms with van der Waals surface area (Å²) < 4.78 is 33.9. The molecule has 232 valence electrons. The van der Waals surface area contributed by atoms with Crippen molar-refractivity contribution in [1.82, 2.24) is 20.3 Å². The summed E-state index contributed by atoms with van der Waals surface area (Å²) in [6, 6.07) is 13.8. The molecule has 1 fully saturated rings. The number of rotatable bonds is 12. The minimum atomic E-state index is -3.96. The van der Waals surface area contributed by atoms with Crippen LogP contribution < -0.4 is 21.7 Å². The van der Waals surface area contributed by atoms with E-state index in [0.29, 0.717) is 18.7 Å². The predicted octanol–water partition coefficient (Wildman–Crippen LogP) is 2.26. The molecule has 2 aromatic rings. The van der Waals surface area contributed by atoms with Crippen molar-refractivity contribution in [2.75, 3.05) is 25.4 Å². The van der Waals surface area contributed by atoms with Crippen molar-refractivity contribution in [2.24, 2.45) is 5.92 Å². The zero-order chi connectivity index (χ0) is 31.1. The highest BCUT2D eigenvalue weighted by Gasteiger charge is 2.35. The lowest BCUT2D eigenvalue weighted by Crippen LogP contribution is -2.51. The summed E-state index contributed by atoms with van der Waals surface area (Å²) >= 11 is 0. The first-order chi connectivity index (χ1) is 19.6. The Kier molecular flexibility index (Phi) is 11.4. The summed E-state index contributed by atoms with van der Waals surface area (Å²) in [5.41, 5.74) is 6.65.